The molecule has 0 bridgehead atoms. The molecule has 0 fully saturated rings. The van der Waals surface area contributed by atoms with Crippen LogP contribution in [0.15, 0.2) is 30.6 Å². The van der Waals surface area contributed by atoms with E-state index in [0.717, 1.165) is 47.2 Å². The van der Waals surface area contributed by atoms with Gasteiger partial charge in [0.2, 0.25) is 5.91 Å². The third kappa shape index (κ3) is 3.19. The minimum Gasteiger partial charge on any atom is -0.349 e. The molecule has 3 aromatic rings. The summed E-state index contributed by atoms with van der Waals surface area (Å²) >= 11 is 0. The van der Waals surface area contributed by atoms with E-state index < -0.39 is 0 Å². The first-order chi connectivity index (χ1) is 12.6. The summed E-state index contributed by atoms with van der Waals surface area (Å²) in [5, 5.41) is 8.73. The molecular weight excluding hydrogens is 326 g/mol. The molecule has 2 aromatic heterocycles. The van der Waals surface area contributed by atoms with Crippen LogP contribution >= 0.6 is 0 Å². The maximum atomic E-state index is 12.5. The van der Waals surface area contributed by atoms with Crippen LogP contribution in [0.4, 0.5) is 0 Å². The molecule has 6 heteroatoms. The fourth-order valence-electron chi connectivity index (χ4n) is 3.70. The van der Waals surface area contributed by atoms with Gasteiger partial charge in [0.1, 0.15) is 5.82 Å². The molecule has 1 aliphatic carbocycles. The summed E-state index contributed by atoms with van der Waals surface area (Å²) in [6.45, 7) is 4.55. The molecule has 1 atom stereocenters. The lowest BCUT2D eigenvalue weighted by Gasteiger charge is -2.25. The molecule has 1 aromatic carbocycles. The second kappa shape index (κ2) is 6.86. The van der Waals surface area contributed by atoms with Gasteiger partial charge in [-0.3, -0.25) is 9.48 Å². The Kier molecular flexibility index (Phi) is 4.41. The summed E-state index contributed by atoms with van der Waals surface area (Å²) in [5.41, 5.74) is 4.41. The van der Waals surface area contributed by atoms with E-state index in [4.69, 9.17) is 0 Å². The largest absolute Gasteiger partial charge is 0.349 e. The molecule has 1 amide bonds. The minimum atomic E-state index is 0.0171. The van der Waals surface area contributed by atoms with Gasteiger partial charge in [-0.15, -0.1) is 0 Å². The highest BCUT2D eigenvalue weighted by atomic mass is 16.1. The van der Waals surface area contributed by atoms with Gasteiger partial charge in [0.05, 0.1) is 24.3 Å². The molecule has 1 aliphatic rings. The van der Waals surface area contributed by atoms with E-state index in [1.165, 1.54) is 5.56 Å². The lowest BCUT2D eigenvalue weighted by atomic mass is 9.92. The second-order valence-corrected chi connectivity index (χ2v) is 6.96. The Morgan fingerprint density at radius 2 is 2.19 bits per heavy atom. The Hall–Kier alpha value is -2.76. The number of carbonyl (C=O) groups is 1. The number of aryl methyl sites for hydroxylation is 4. The number of benzene rings is 1. The number of carbonyl (C=O) groups excluding carboxylic acids is 1. The van der Waals surface area contributed by atoms with Crippen LogP contribution in [0.2, 0.25) is 0 Å². The molecule has 0 spiro atoms. The Labute approximate surface area is 152 Å². The summed E-state index contributed by atoms with van der Waals surface area (Å²) in [4.78, 5) is 21.3. The van der Waals surface area contributed by atoms with Gasteiger partial charge in [-0.25, -0.2) is 9.97 Å². The van der Waals surface area contributed by atoms with Gasteiger partial charge in [-0.1, -0.05) is 12.1 Å². The molecule has 0 radical (unpaired) electrons. The smallest absolute Gasteiger partial charge is 0.222 e. The van der Waals surface area contributed by atoms with Crippen molar-refractivity contribution in [3.63, 3.8) is 0 Å². The molecule has 2 heterocycles. The standard InChI is InChI=1S/C20H23N5O/c1-13-5-3-8-19-15(13)12-22-25(19)10-9-20(26)24-18-7-4-6-17-16(18)11-21-14(2)23-17/h3,5,8,11-12,18H,4,6-7,9-10H2,1-2H3,(H,24,26)/t18-/m1/s1. The highest BCUT2D eigenvalue weighted by Crippen LogP contribution is 2.28. The normalized spacial score (nSPS) is 16.5. The fourth-order valence-corrected chi connectivity index (χ4v) is 3.70. The van der Waals surface area contributed by atoms with Gasteiger partial charge >= 0.3 is 0 Å². The van der Waals surface area contributed by atoms with E-state index in [2.05, 4.69) is 33.4 Å². The van der Waals surface area contributed by atoms with E-state index in [0.29, 0.717) is 13.0 Å². The molecule has 0 saturated heterocycles. The van der Waals surface area contributed by atoms with E-state index in [-0.39, 0.29) is 11.9 Å². The summed E-state index contributed by atoms with van der Waals surface area (Å²) in [6, 6.07) is 6.16. The van der Waals surface area contributed by atoms with Crippen molar-refractivity contribution in [3.05, 3.63) is 53.2 Å². The SMILES string of the molecule is Cc1ncc2c(n1)CCC[C@H]2NC(=O)CCn1ncc2c(C)cccc21. The van der Waals surface area contributed by atoms with Crippen LogP contribution in [0.1, 0.15) is 47.9 Å². The average Bonchev–Trinajstić information content (AvgIpc) is 3.04. The maximum Gasteiger partial charge on any atom is 0.222 e. The number of nitrogens with zero attached hydrogens (tertiary/aromatic N) is 4. The van der Waals surface area contributed by atoms with Crippen LogP contribution in [-0.2, 0) is 17.8 Å². The topological polar surface area (TPSA) is 72.7 Å². The number of fused-ring (bicyclic) bond motifs is 2. The van der Waals surface area contributed by atoms with Crippen LogP contribution in [0.3, 0.4) is 0 Å². The van der Waals surface area contributed by atoms with Gasteiger partial charge in [0.15, 0.2) is 0 Å². The molecule has 0 saturated carbocycles. The minimum absolute atomic E-state index is 0.0171. The molecule has 0 aliphatic heterocycles. The van der Waals surface area contributed by atoms with Crippen molar-refractivity contribution in [3.8, 4) is 0 Å². The highest BCUT2D eigenvalue weighted by molar-refractivity contribution is 5.82. The van der Waals surface area contributed by atoms with E-state index in [9.17, 15) is 4.79 Å². The van der Waals surface area contributed by atoms with Crippen molar-refractivity contribution in [2.24, 2.45) is 0 Å². The summed E-state index contributed by atoms with van der Waals surface area (Å²) in [6.07, 6.45) is 7.09. The van der Waals surface area contributed by atoms with Gasteiger partial charge in [-0.2, -0.15) is 5.10 Å². The summed E-state index contributed by atoms with van der Waals surface area (Å²) in [7, 11) is 0. The third-order valence-electron chi connectivity index (χ3n) is 5.09. The number of aromatic nitrogens is 4. The molecule has 0 unspecified atom stereocenters. The number of amides is 1. The fraction of sp³-hybridized carbons (Fsp3) is 0.400. The molecule has 134 valence electrons. The zero-order valence-electron chi connectivity index (χ0n) is 15.2. The predicted molar refractivity (Wildman–Crippen MR) is 99.7 cm³/mol. The second-order valence-electron chi connectivity index (χ2n) is 6.96. The molecule has 26 heavy (non-hydrogen) atoms. The predicted octanol–water partition coefficient (Wildman–Crippen LogP) is 3.03. The number of hydrogen-bond donors (Lipinski definition) is 1. The average molecular weight is 349 g/mol. The van der Waals surface area contributed by atoms with Crippen LogP contribution in [0.5, 0.6) is 0 Å². The first-order valence-electron chi connectivity index (χ1n) is 9.15. The Bertz CT molecular complexity index is 962. The third-order valence-corrected chi connectivity index (χ3v) is 5.09. The van der Waals surface area contributed by atoms with Gasteiger partial charge in [-0.05, 0) is 44.7 Å². The van der Waals surface area contributed by atoms with Crippen molar-refractivity contribution < 1.29 is 4.79 Å². The van der Waals surface area contributed by atoms with Gasteiger partial charge in [0, 0.05) is 29.3 Å². The zero-order valence-corrected chi connectivity index (χ0v) is 15.2. The Morgan fingerprint density at radius 3 is 3.08 bits per heavy atom. The van der Waals surface area contributed by atoms with Gasteiger partial charge in [0.25, 0.3) is 0 Å². The Balaban J connectivity index is 1.43. The van der Waals surface area contributed by atoms with Crippen molar-refractivity contribution in [1.29, 1.82) is 0 Å². The van der Waals surface area contributed by atoms with Crippen molar-refractivity contribution in [1.82, 2.24) is 25.1 Å². The number of hydrogen-bond acceptors (Lipinski definition) is 4. The van der Waals surface area contributed by atoms with Crippen molar-refractivity contribution >= 4 is 16.8 Å². The summed E-state index contributed by atoms with van der Waals surface area (Å²) in [5.74, 6) is 0.830. The quantitative estimate of drug-likeness (QED) is 0.786. The zero-order chi connectivity index (χ0) is 18.1. The van der Waals surface area contributed by atoms with E-state index >= 15 is 0 Å². The number of nitrogens with one attached hydrogen (secondary N) is 1. The lowest BCUT2D eigenvalue weighted by molar-refractivity contribution is -0.122. The maximum absolute atomic E-state index is 12.5. The van der Waals surface area contributed by atoms with Crippen LogP contribution < -0.4 is 5.32 Å². The lowest BCUT2D eigenvalue weighted by Crippen LogP contribution is -2.32. The van der Waals surface area contributed by atoms with Crippen LogP contribution in [0, 0.1) is 13.8 Å². The Morgan fingerprint density at radius 1 is 1.31 bits per heavy atom. The van der Waals surface area contributed by atoms with E-state index in [1.54, 1.807) is 0 Å². The molecule has 1 N–H and O–H groups in total. The van der Waals surface area contributed by atoms with E-state index in [1.807, 2.05) is 36.1 Å². The first-order valence-corrected chi connectivity index (χ1v) is 9.15. The highest BCUT2D eigenvalue weighted by Gasteiger charge is 2.23. The van der Waals surface area contributed by atoms with Gasteiger partial charge < -0.3 is 5.32 Å². The monoisotopic (exact) mass is 349 g/mol. The number of rotatable bonds is 4. The summed E-state index contributed by atoms with van der Waals surface area (Å²) < 4.78 is 1.91. The first kappa shape index (κ1) is 16.7. The van der Waals surface area contributed by atoms with Crippen molar-refractivity contribution in [2.45, 2.75) is 52.1 Å². The van der Waals surface area contributed by atoms with Crippen molar-refractivity contribution in [2.75, 3.05) is 0 Å². The molecular formula is C20H23N5O. The molecule has 6 nitrogen and oxygen atoms in total. The van der Waals surface area contributed by atoms with Crippen LogP contribution in [0.25, 0.3) is 10.9 Å². The van der Waals surface area contributed by atoms with Crippen LogP contribution in [-0.4, -0.2) is 25.7 Å². The molecule has 4 rings (SSSR count).